The van der Waals surface area contributed by atoms with Crippen LogP contribution in [0.15, 0.2) is 24.3 Å². The van der Waals surface area contributed by atoms with Crippen molar-refractivity contribution in [3.8, 4) is 0 Å². The SMILES string of the molecule is CC1CC(NCc2cc3ccc(F)cc3nc2Cl)CCN1C. The highest BCUT2D eigenvalue weighted by atomic mass is 35.5. The average molecular weight is 322 g/mol. The quantitative estimate of drug-likeness (QED) is 0.876. The fourth-order valence-corrected chi connectivity index (χ4v) is 3.23. The molecule has 2 atom stereocenters. The summed E-state index contributed by atoms with van der Waals surface area (Å²) in [6.07, 6.45) is 2.28. The number of halogens is 2. The molecule has 1 fully saturated rings. The second-order valence-electron chi connectivity index (χ2n) is 6.21. The summed E-state index contributed by atoms with van der Waals surface area (Å²) in [5, 5.41) is 4.95. The largest absolute Gasteiger partial charge is 0.310 e. The summed E-state index contributed by atoms with van der Waals surface area (Å²) in [5.74, 6) is -0.290. The van der Waals surface area contributed by atoms with Crippen molar-refractivity contribution in [1.82, 2.24) is 15.2 Å². The van der Waals surface area contributed by atoms with Crippen LogP contribution < -0.4 is 5.32 Å². The molecule has 1 aromatic heterocycles. The zero-order valence-electron chi connectivity index (χ0n) is 12.9. The molecular weight excluding hydrogens is 301 g/mol. The normalized spacial score (nSPS) is 23.1. The molecule has 5 heteroatoms. The third kappa shape index (κ3) is 3.40. The minimum atomic E-state index is -0.290. The molecule has 0 saturated carbocycles. The van der Waals surface area contributed by atoms with E-state index in [-0.39, 0.29) is 5.82 Å². The number of benzene rings is 1. The van der Waals surface area contributed by atoms with Gasteiger partial charge in [0, 0.05) is 35.6 Å². The molecule has 1 aromatic carbocycles. The molecule has 2 unspecified atom stereocenters. The van der Waals surface area contributed by atoms with E-state index in [0.717, 1.165) is 30.3 Å². The Morgan fingerprint density at radius 2 is 2.23 bits per heavy atom. The highest BCUT2D eigenvalue weighted by molar-refractivity contribution is 6.30. The van der Waals surface area contributed by atoms with Crippen LogP contribution in [0.4, 0.5) is 4.39 Å². The molecule has 2 aromatic rings. The van der Waals surface area contributed by atoms with Crippen molar-refractivity contribution >= 4 is 22.5 Å². The van der Waals surface area contributed by atoms with Gasteiger partial charge in [-0.1, -0.05) is 11.6 Å². The van der Waals surface area contributed by atoms with Crippen molar-refractivity contribution in [3.05, 3.63) is 40.8 Å². The Kier molecular flexibility index (Phi) is 4.62. The van der Waals surface area contributed by atoms with Crippen LogP contribution >= 0.6 is 11.6 Å². The van der Waals surface area contributed by atoms with Gasteiger partial charge in [-0.25, -0.2) is 9.37 Å². The number of fused-ring (bicyclic) bond motifs is 1. The molecule has 22 heavy (non-hydrogen) atoms. The molecule has 0 spiro atoms. The number of nitrogens with zero attached hydrogens (tertiary/aromatic N) is 2. The van der Waals surface area contributed by atoms with Crippen LogP contribution in [-0.4, -0.2) is 35.6 Å². The minimum absolute atomic E-state index is 0.290. The number of nitrogens with one attached hydrogen (secondary N) is 1. The first-order chi connectivity index (χ1) is 10.5. The van der Waals surface area contributed by atoms with E-state index in [1.807, 2.05) is 6.07 Å². The number of hydrogen-bond acceptors (Lipinski definition) is 3. The van der Waals surface area contributed by atoms with E-state index in [9.17, 15) is 4.39 Å². The van der Waals surface area contributed by atoms with E-state index >= 15 is 0 Å². The predicted octanol–water partition coefficient (Wildman–Crippen LogP) is 3.60. The number of aromatic nitrogens is 1. The molecule has 0 radical (unpaired) electrons. The molecule has 1 saturated heterocycles. The third-order valence-corrected chi connectivity index (χ3v) is 4.92. The standard InChI is InChI=1S/C17H21ClFN3/c1-11-7-15(5-6-22(11)2)20-10-13-8-12-3-4-14(19)9-16(12)21-17(13)18/h3-4,8-9,11,15,20H,5-7,10H2,1-2H3. The second-order valence-corrected chi connectivity index (χ2v) is 6.57. The van der Waals surface area contributed by atoms with Gasteiger partial charge in [-0.3, -0.25) is 0 Å². The van der Waals surface area contributed by atoms with Gasteiger partial charge in [0.25, 0.3) is 0 Å². The highest BCUT2D eigenvalue weighted by Gasteiger charge is 2.22. The fraction of sp³-hybridized carbons (Fsp3) is 0.471. The van der Waals surface area contributed by atoms with Crippen molar-refractivity contribution in [3.63, 3.8) is 0 Å². The Balaban J connectivity index is 1.71. The lowest BCUT2D eigenvalue weighted by Crippen LogP contribution is -2.45. The van der Waals surface area contributed by atoms with Crippen LogP contribution in [0.3, 0.4) is 0 Å². The molecule has 1 N–H and O–H groups in total. The topological polar surface area (TPSA) is 28.2 Å². The van der Waals surface area contributed by atoms with Gasteiger partial charge < -0.3 is 10.2 Å². The molecule has 1 aliphatic rings. The lowest BCUT2D eigenvalue weighted by atomic mass is 9.99. The first-order valence-corrected chi connectivity index (χ1v) is 8.09. The summed E-state index contributed by atoms with van der Waals surface area (Å²) in [5.41, 5.74) is 1.56. The van der Waals surface area contributed by atoms with Gasteiger partial charge >= 0.3 is 0 Å². The van der Waals surface area contributed by atoms with Crippen LogP contribution in [0.2, 0.25) is 5.15 Å². The zero-order valence-corrected chi connectivity index (χ0v) is 13.7. The van der Waals surface area contributed by atoms with Gasteiger partial charge in [-0.05, 0) is 51.6 Å². The van der Waals surface area contributed by atoms with Crippen LogP contribution in [-0.2, 0) is 6.54 Å². The lowest BCUT2D eigenvalue weighted by molar-refractivity contribution is 0.168. The number of hydrogen-bond donors (Lipinski definition) is 1. The van der Waals surface area contributed by atoms with E-state index in [0.29, 0.717) is 29.3 Å². The summed E-state index contributed by atoms with van der Waals surface area (Å²) < 4.78 is 13.2. The molecule has 2 heterocycles. The van der Waals surface area contributed by atoms with E-state index in [4.69, 9.17) is 11.6 Å². The van der Waals surface area contributed by atoms with Gasteiger partial charge in [-0.15, -0.1) is 0 Å². The van der Waals surface area contributed by atoms with Gasteiger partial charge in [0.15, 0.2) is 0 Å². The van der Waals surface area contributed by atoms with Crippen LogP contribution in [0.1, 0.15) is 25.3 Å². The maximum absolute atomic E-state index is 13.2. The van der Waals surface area contributed by atoms with Gasteiger partial charge in [-0.2, -0.15) is 0 Å². The maximum Gasteiger partial charge on any atom is 0.134 e. The Hall–Kier alpha value is -1.23. The summed E-state index contributed by atoms with van der Waals surface area (Å²) >= 11 is 6.24. The Morgan fingerprint density at radius 1 is 1.41 bits per heavy atom. The molecule has 118 valence electrons. The molecule has 1 aliphatic heterocycles. The Labute approximate surface area is 135 Å². The van der Waals surface area contributed by atoms with Gasteiger partial charge in [0.1, 0.15) is 11.0 Å². The van der Waals surface area contributed by atoms with Crippen LogP contribution in [0, 0.1) is 5.82 Å². The van der Waals surface area contributed by atoms with E-state index in [1.165, 1.54) is 12.1 Å². The monoisotopic (exact) mass is 321 g/mol. The number of likely N-dealkylation sites (tertiary alicyclic amines) is 1. The fourth-order valence-electron chi connectivity index (χ4n) is 3.01. The molecule has 3 nitrogen and oxygen atoms in total. The van der Waals surface area contributed by atoms with Gasteiger partial charge in [0.05, 0.1) is 5.52 Å². The minimum Gasteiger partial charge on any atom is -0.310 e. The Morgan fingerprint density at radius 3 is 3.00 bits per heavy atom. The van der Waals surface area contributed by atoms with Crippen LogP contribution in [0.5, 0.6) is 0 Å². The maximum atomic E-state index is 13.2. The molecular formula is C17H21ClFN3. The lowest BCUT2D eigenvalue weighted by Gasteiger charge is -2.35. The summed E-state index contributed by atoms with van der Waals surface area (Å²) in [4.78, 5) is 6.69. The first-order valence-electron chi connectivity index (χ1n) is 7.71. The Bertz CT molecular complexity index is 676. The van der Waals surface area contributed by atoms with Crippen molar-refractivity contribution in [2.45, 2.75) is 38.4 Å². The number of pyridine rings is 1. The van der Waals surface area contributed by atoms with Gasteiger partial charge in [0.2, 0.25) is 0 Å². The molecule has 0 amide bonds. The summed E-state index contributed by atoms with van der Waals surface area (Å²) in [7, 11) is 2.17. The highest BCUT2D eigenvalue weighted by Crippen LogP contribution is 2.22. The van der Waals surface area contributed by atoms with Crippen LogP contribution in [0.25, 0.3) is 10.9 Å². The third-order valence-electron chi connectivity index (χ3n) is 4.60. The predicted molar refractivity (Wildman–Crippen MR) is 88.7 cm³/mol. The van der Waals surface area contributed by atoms with Crippen molar-refractivity contribution < 1.29 is 4.39 Å². The zero-order chi connectivity index (χ0) is 15.7. The molecule has 0 aliphatic carbocycles. The van der Waals surface area contributed by atoms with E-state index in [1.54, 1.807) is 6.07 Å². The smallest absolute Gasteiger partial charge is 0.134 e. The summed E-state index contributed by atoms with van der Waals surface area (Å²) in [6, 6.07) is 7.71. The molecule has 3 rings (SSSR count). The average Bonchev–Trinajstić information content (AvgIpc) is 2.48. The summed E-state index contributed by atoms with van der Waals surface area (Å²) in [6.45, 7) is 4.06. The van der Waals surface area contributed by atoms with Crippen molar-refractivity contribution in [2.24, 2.45) is 0 Å². The number of piperidine rings is 1. The van der Waals surface area contributed by atoms with E-state index < -0.39 is 0 Å². The van der Waals surface area contributed by atoms with Crippen molar-refractivity contribution in [2.75, 3.05) is 13.6 Å². The molecule has 0 bridgehead atoms. The number of rotatable bonds is 3. The van der Waals surface area contributed by atoms with E-state index in [2.05, 4.69) is 29.2 Å². The second kappa shape index (κ2) is 6.49. The van der Waals surface area contributed by atoms with Crippen molar-refractivity contribution in [1.29, 1.82) is 0 Å². The first kappa shape index (κ1) is 15.7.